The van der Waals surface area contributed by atoms with E-state index in [4.69, 9.17) is 0 Å². The first-order chi connectivity index (χ1) is 10.3. The molecule has 2 aromatic rings. The van der Waals surface area contributed by atoms with Crippen molar-refractivity contribution in [1.29, 1.82) is 0 Å². The lowest BCUT2D eigenvalue weighted by Gasteiger charge is -2.24. The Hall–Kier alpha value is -1.75. The third-order valence-corrected chi connectivity index (χ3v) is 4.00. The van der Waals surface area contributed by atoms with Crippen LogP contribution in [-0.2, 0) is 6.54 Å². The molecule has 2 atom stereocenters. The molecule has 3 rings (SSSR count). The molecule has 1 aliphatic heterocycles. The number of hydrogen-bond donors (Lipinski definition) is 2. The Morgan fingerprint density at radius 1 is 1.14 bits per heavy atom. The fourth-order valence-electron chi connectivity index (χ4n) is 2.99. The van der Waals surface area contributed by atoms with Crippen LogP contribution in [0, 0.1) is 5.92 Å². The minimum absolute atomic E-state index is 0.381. The van der Waals surface area contributed by atoms with Gasteiger partial charge in [0.2, 0.25) is 0 Å². The molecule has 1 saturated heterocycles. The van der Waals surface area contributed by atoms with Crippen molar-refractivity contribution in [3.63, 3.8) is 0 Å². The van der Waals surface area contributed by atoms with Gasteiger partial charge >= 0.3 is 0 Å². The summed E-state index contributed by atoms with van der Waals surface area (Å²) < 4.78 is 0. The zero-order valence-corrected chi connectivity index (χ0v) is 12.4. The minimum atomic E-state index is 0.381. The summed E-state index contributed by atoms with van der Waals surface area (Å²) in [7, 11) is 2.18. The van der Waals surface area contributed by atoms with Crippen molar-refractivity contribution >= 4 is 0 Å². The Balaban J connectivity index is 1.61. The molecule has 4 nitrogen and oxygen atoms in total. The van der Waals surface area contributed by atoms with E-state index in [-0.39, 0.29) is 0 Å². The predicted molar refractivity (Wildman–Crippen MR) is 84.4 cm³/mol. The summed E-state index contributed by atoms with van der Waals surface area (Å²) >= 11 is 0. The van der Waals surface area contributed by atoms with Crippen LogP contribution in [0.2, 0.25) is 0 Å². The number of pyridine rings is 1. The average molecular weight is 282 g/mol. The van der Waals surface area contributed by atoms with Crippen LogP contribution in [0.4, 0.5) is 0 Å². The van der Waals surface area contributed by atoms with Crippen molar-refractivity contribution in [3.05, 3.63) is 66.0 Å². The minimum Gasteiger partial charge on any atom is -0.302 e. The van der Waals surface area contributed by atoms with Crippen molar-refractivity contribution in [2.24, 2.45) is 5.92 Å². The maximum Gasteiger partial charge on any atom is 0.0515 e. The molecule has 1 aromatic carbocycles. The predicted octanol–water partition coefficient (Wildman–Crippen LogP) is 1.98. The van der Waals surface area contributed by atoms with Gasteiger partial charge in [-0.2, -0.15) is 0 Å². The molecule has 0 aliphatic carbocycles. The van der Waals surface area contributed by atoms with Crippen LogP contribution in [0.3, 0.4) is 0 Å². The molecular weight excluding hydrogens is 260 g/mol. The number of rotatable bonds is 5. The topological polar surface area (TPSA) is 40.2 Å². The third-order valence-electron chi connectivity index (χ3n) is 4.00. The molecule has 2 unspecified atom stereocenters. The number of nitrogens with one attached hydrogen (secondary N) is 2. The maximum absolute atomic E-state index is 4.07. The average Bonchev–Trinajstić information content (AvgIpc) is 2.97. The lowest BCUT2D eigenvalue weighted by atomic mass is 9.94. The summed E-state index contributed by atoms with van der Waals surface area (Å²) in [4.78, 5) is 6.45. The Bertz CT molecular complexity index is 543. The van der Waals surface area contributed by atoms with E-state index in [1.165, 1.54) is 11.1 Å². The van der Waals surface area contributed by atoms with Gasteiger partial charge in [0.25, 0.3) is 0 Å². The van der Waals surface area contributed by atoms with Gasteiger partial charge in [-0.15, -0.1) is 0 Å². The Morgan fingerprint density at radius 2 is 1.90 bits per heavy atom. The summed E-state index contributed by atoms with van der Waals surface area (Å²) in [5.74, 6) is 0.569. The molecule has 21 heavy (non-hydrogen) atoms. The lowest BCUT2D eigenvalue weighted by molar-refractivity contribution is 0.262. The van der Waals surface area contributed by atoms with Gasteiger partial charge in [-0.05, 0) is 30.3 Å². The Morgan fingerprint density at radius 3 is 2.67 bits per heavy atom. The number of hydrazine groups is 1. The molecule has 110 valence electrons. The van der Waals surface area contributed by atoms with E-state index in [1.54, 1.807) is 0 Å². The molecule has 0 spiro atoms. The third kappa shape index (κ3) is 3.67. The summed E-state index contributed by atoms with van der Waals surface area (Å²) in [6.07, 6.45) is 3.71. The van der Waals surface area contributed by atoms with Crippen LogP contribution < -0.4 is 10.9 Å². The van der Waals surface area contributed by atoms with Gasteiger partial charge in [0.15, 0.2) is 0 Å². The van der Waals surface area contributed by atoms with Gasteiger partial charge in [0.05, 0.1) is 6.04 Å². The fourth-order valence-corrected chi connectivity index (χ4v) is 2.99. The number of benzene rings is 1. The normalized spacial score (nSPS) is 21.8. The highest BCUT2D eigenvalue weighted by atomic mass is 15.4. The summed E-state index contributed by atoms with van der Waals surface area (Å²) in [5.41, 5.74) is 9.37. The highest BCUT2D eigenvalue weighted by molar-refractivity contribution is 5.20. The van der Waals surface area contributed by atoms with Gasteiger partial charge in [-0.1, -0.05) is 30.3 Å². The SMILES string of the molecule is CN(Cc1ccncc1)CC1CNNC1c1ccccc1. The van der Waals surface area contributed by atoms with E-state index in [9.17, 15) is 0 Å². The fraction of sp³-hybridized carbons (Fsp3) is 0.353. The molecule has 1 aromatic heterocycles. The molecule has 2 N–H and O–H groups in total. The number of aromatic nitrogens is 1. The first kappa shape index (κ1) is 14.2. The van der Waals surface area contributed by atoms with E-state index >= 15 is 0 Å². The van der Waals surface area contributed by atoms with Crippen molar-refractivity contribution in [2.75, 3.05) is 20.1 Å². The summed E-state index contributed by atoms with van der Waals surface area (Å²) in [5, 5.41) is 0. The van der Waals surface area contributed by atoms with Crippen LogP contribution in [0.1, 0.15) is 17.2 Å². The molecule has 1 aliphatic rings. The lowest BCUT2D eigenvalue weighted by Crippen LogP contribution is -2.30. The van der Waals surface area contributed by atoms with Gasteiger partial charge in [-0.3, -0.25) is 10.4 Å². The second-order valence-electron chi connectivity index (χ2n) is 5.73. The summed E-state index contributed by atoms with van der Waals surface area (Å²) in [6, 6.07) is 15.2. The highest BCUT2D eigenvalue weighted by Crippen LogP contribution is 2.25. The molecule has 0 bridgehead atoms. The second-order valence-corrected chi connectivity index (χ2v) is 5.73. The number of hydrogen-bond acceptors (Lipinski definition) is 4. The molecule has 1 fully saturated rings. The first-order valence-corrected chi connectivity index (χ1v) is 7.44. The van der Waals surface area contributed by atoms with Crippen molar-refractivity contribution in [3.8, 4) is 0 Å². The Kier molecular flexibility index (Phi) is 4.60. The van der Waals surface area contributed by atoms with Crippen molar-refractivity contribution in [2.45, 2.75) is 12.6 Å². The van der Waals surface area contributed by atoms with Gasteiger partial charge < -0.3 is 4.90 Å². The van der Waals surface area contributed by atoms with E-state index in [0.29, 0.717) is 12.0 Å². The quantitative estimate of drug-likeness (QED) is 0.880. The molecular formula is C17H22N4. The molecule has 2 heterocycles. The second kappa shape index (κ2) is 6.80. The van der Waals surface area contributed by atoms with E-state index in [1.807, 2.05) is 12.4 Å². The number of nitrogens with zero attached hydrogens (tertiary/aromatic N) is 2. The van der Waals surface area contributed by atoms with Gasteiger partial charge in [0.1, 0.15) is 0 Å². The van der Waals surface area contributed by atoms with Crippen LogP contribution >= 0.6 is 0 Å². The Labute approximate surface area is 126 Å². The first-order valence-electron chi connectivity index (χ1n) is 7.44. The van der Waals surface area contributed by atoms with E-state index < -0.39 is 0 Å². The zero-order chi connectivity index (χ0) is 14.5. The van der Waals surface area contributed by atoms with Crippen LogP contribution in [0.5, 0.6) is 0 Å². The monoisotopic (exact) mass is 282 g/mol. The van der Waals surface area contributed by atoms with Crippen molar-refractivity contribution in [1.82, 2.24) is 20.7 Å². The van der Waals surface area contributed by atoms with Gasteiger partial charge in [0, 0.05) is 37.9 Å². The van der Waals surface area contributed by atoms with Gasteiger partial charge in [-0.25, -0.2) is 5.43 Å². The largest absolute Gasteiger partial charge is 0.302 e. The molecule has 0 saturated carbocycles. The smallest absolute Gasteiger partial charge is 0.0515 e. The molecule has 0 radical (unpaired) electrons. The summed E-state index contributed by atoms with van der Waals surface area (Å²) in [6.45, 7) is 3.02. The molecule has 0 amide bonds. The van der Waals surface area contributed by atoms with Crippen LogP contribution in [0.25, 0.3) is 0 Å². The van der Waals surface area contributed by atoms with E-state index in [0.717, 1.165) is 19.6 Å². The highest BCUT2D eigenvalue weighted by Gasteiger charge is 2.28. The van der Waals surface area contributed by atoms with Crippen LogP contribution in [0.15, 0.2) is 54.9 Å². The van der Waals surface area contributed by atoms with Crippen LogP contribution in [-0.4, -0.2) is 30.0 Å². The zero-order valence-electron chi connectivity index (χ0n) is 12.4. The van der Waals surface area contributed by atoms with Crippen molar-refractivity contribution < 1.29 is 0 Å². The maximum atomic E-state index is 4.07. The standard InChI is InChI=1S/C17H22N4/c1-21(12-14-7-9-18-10-8-14)13-16-11-19-20-17(16)15-5-3-2-4-6-15/h2-10,16-17,19-20H,11-13H2,1H3. The molecule has 4 heteroatoms. The van der Waals surface area contributed by atoms with E-state index in [2.05, 4.69) is 70.2 Å².